The van der Waals surface area contributed by atoms with Crippen LogP contribution in [0, 0.1) is 0 Å². The van der Waals surface area contributed by atoms with E-state index in [4.69, 9.17) is 14.2 Å². The van der Waals surface area contributed by atoms with Crippen LogP contribution in [0.2, 0.25) is 0 Å². The maximum atomic E-state index is 13.9. The van der Waals surface area contributed by atoms with Gasteiger partial charge in [0.1, 0.15) is 44.6 Å². The van der Waals surface area contributed by atoms with Gasteiger partial charge in [0.25, 0.3) is 0 Å². The molecule has 0 fully saturated rings. The maximum Gasteiger partial charge on any atom is 1.00 e. The van der Waals surface area contributed by atoms with E-state index in [0.717, 1.165) is 52.3 Å². The zero-order chi connectivity index (χ0) is 41.9. The first kappa shape index (κ1) is 49.3. The predicted octanol–water partition coefficient (Wildman–Crippen LogP) is 2.61. The molecule has 0 saturated heterocycles. The van der Waals surface area contributed by atoms with Crippen LogP contribution in [0.5, 0.6) is 34.5 Å². The molecule has 0 radical (unpaired) electrons. The smallest absolute Gasteiger partial charge is 0.744 e. The van der Waals surface area contributed by atoms with Crippen LogP contribution in [0.25, 0.3) is 0 Å². The average Bonchev–Trinajstić information content (AvgIpc) is 3.20. The van der Waals surface area contributed by atoms with Crippen molar-refractivity contribution in [3.8, 4) is 34.5 Å². The van der Waals surface area contributed by atoms with Crippen molar-refractivity contribution in [1.82, 2.24) is 0 Å². The Kier molecular flexibility index (Phi) is 16.6. The van der Waals surface area contributed by atoms with E-state index >= 15 is 0 Å². The van der Waals surface area contributed by atoms with Gasteiger partial charge >= 0.3 is 59.1 Å². The van der Waals surface area contributed by atoms with Crippen LogP contribution in [-0.2, 0) is 40.2 Å². The van der Waals surface area contributed by atoms with Crippen molar-refractivity contribution in [3.05, 3.63) is 156 Å². The fourth-order valence-electron chi connectivity index (χ4n) is 6.28. The molecule has 6 aromatic rings. The molecular formula is C43H38Na2O12S3. The van der Waals surface area contributed by atoms with Crippen molar-refractivity contribution in [2.24, 2.45) is 0 Å². The second-order valence-corrected chi connectivity index (χ2v) is 18.2. The van der Waals surface area contributed by atoms with E-state index in [0.29, 0.717) is 17.8 Å². The molecule has 0 unspecified atom stereocenters. The molecule has 1 N–H and O–H groups in total. The van der Waals surface area contributed by atoms with E-state index in [9.17, 15) is 31.8 Å². The van der Waals surface area contributed by atoms with Crippen LogP contribution in [0.15, 0.2) is 153 Å². The summed E-state index contributed by atoms with van der Waals surface area (Å²) >= 11 is 0.396. The van der Waals surface area contributed by atoms with E-state index in [1.165, 1.54) is 12.1 Å². The molecule has 0 aromatic heterocycles. The van der Waals surface area contributed by atoms with E-state index in [-0.39, 0.29) is 91.9 Å². The Balaban J connectivity index is 0.00000397. The Hall–Kier alpha value is -3.39. The predicted molar refractivity (Wildman–Crippen MR) is 213 cm³/mol. The zero-order valence-electron chi connectivity index (χ0n) is 33.9. The molecule has 0 aliphatic heterocycles. The summed E-state index contributed by atoms with van der Waals surface area (Å²) in [5.41, 5.74) is 3.04. The van der Waals surface area contributed by atoms with Crippen molar-refractivity contribution in [2.45, 2.75) is 58.1 Å². The molecule has 0 heterocycles. The molecule has 0 atom stereocenters. The standard InChI is InChI=1S/C43H40O12S3.2Na/c1-42(2,28-6-14-32(44)15-7-28)30-10-18-34(19-11-30)52-38-24-22-36(26-40(38)56-55-54-45)57(46,47)37-23-25-39(41(27-37)58(48,49)50)53-35-20-12-31(13-21-35)43(3,4)29-8-16-33(51-5)17-9-29;;/h6-27,44-45H,1-5H3,(H,48,49,50);;/q;2*+1/p-2. The Bertz CT molecular complexity index is 2620. The molecule has 60 heavy (non-hydrogen) atoms. The van der Waals surface area contributed by atoms with E-state index in [1.54, 1.807) is 43.5 Å². The SMILES string of the molecule is COc1ccc(C(C)(C)c2ccc(Oc3ccc(S(=O)(=O)c4ccc(Oc5ccc(C(C)(C)c6ccc(O)cc6)cc5)c(SOO[O-])c4)cc3S(=O)(=O)[O-])cc2)cc1.[Na+].[Na+]. The van der Waals surface area contributed by atoms with Crippen molar-refractivity contribution in [1.29, 1.82) is 0 Å². The summed E-state index contributed by atoms with van der Waals surface area (Å²) in [5.74, 6) is 1.22. The molecule has 6 rings (SSSR count). The Morgan fingerprint density at radius 2 is 0.967 bits per heavy atom. The first-order valence-corrected chi connectivity index (χ1v) is 21.2. The number of rotatable bonds is 15. The largest absolute Gasteiger partial charge is 1.00 e. The number of ether oxygens (including phenoxy) is 3. The number of hydrogen-bond donors (Lipinski definition) is 1. The first-order valence-electron chi connectivity index (χ1n) is 17.6. The third-order valence-electron chi connectivity index (χ3n) is 9.88. The normalized spacial score (nSPS) is 11.8. The van der Waals surface area contributed by atoms with Crippen LogP contribution in [0.4, 0.5) is 0 Å². The summed E-state index contributed by atoms with van der Waals surface area (Å²) in [6.07, 6.45) is 0. The number of phenols is 1. The van der Waals surface area contributed by atoms with E-state index < -0.39 is 40.6 Å². The van der Waals surface area contributed by atoms with Gasteiger partial charge in [-0.15, -0.1) is 0 Å². The first-order chi connectivity index (χ1) is 27.4. The number of methoxy groups -OCH3 is 1. The van der Waals surface area contributed by atoms with Gasteiger partial charge in [-0.3, -0.25) is 5.04 Å². The number of benzene rings is 6. The summed E-state index contributed by atoms with van der Waals surface area (Å²) in [7, 11) is -8.12. The molecule has 6 aromatic carbocycles. The van der Waals surface area contributed by atoms with Crippen molar-refractivity contribution in [3.63, 3.8) is 0 Å². The third-order valence-corrected chi connectivity index (χ3v) is 13.1. The Morgan fingerprint density at radius 3 is 1.40 bits per heavy atom. The van der Waals surface area contributed by atoms with Gasteiger partial charge in [0.05, 0.1) is 38.7 Å². The molecule has 12 nitrogen and oxygen atoms in total. The molecule has 0 spiro atoms. The van der Waals surface area contributed by atoms with Gasteiger partial charge in [-0.05, 0) is 107 Å². The van der Waals surface area contributed by atoms with Gasteiger partial charge in [0.15, 0.2) is 0 Å². The minimum Gasteiger partial charge on any atom is -0.744 e. The minimum absolute atomic E-state index is 0. The van der Waals surface area contributed by atoms with Crippen molar-refractivity contribution in [2.75, 3.05) is 7.11 Å². The molecule has 17 heteroatoms. The van der Waals surface area contributed by atoms with Crippen LogP contribution < -0.4 is 78.6 Å². The number of hydrogen-bond acceptors (Lipinski definition) is 13. The topological polar surface area (TPSA) is 181 Å². The van der Waals surface area contributed by atoms with Gasteiger partial charge in [-0.1, -0.05) is 76.2 Å². The third kappa shape index (κ3) is 11.2. The molecule has 0 aliphatic rings. The monoisotopic (exact) mass is 888 g/mol. The fraction of sp³-hybridized carbons (Fsp3) is 0.163. The summed E-state index contributed by atoms with van der Waals surface area (Å²) < 4.78 is 86.8. The van der Waals surface area contributed by atoms with Crippen molar-refractivity contribution < 1.29 is 114 Å². The van der Waals surface area contributed by atoms with E-state index in [2.05, 4.69) is 9.37 Å². The fourth-order valence-corrected chi connectivity index (χ4v) is 8.84. The van der Waals surface area contributed by atoms with E-state index in [1.807, 2.05) is 88.4 Å². The Morgan fingerprint density at radius 1 is 0.567 bits per heavy atom. The van der Waals surface area contributed by atoms with Crippen molar-refractivity contribution >= 4 is 32.0 Å². The number of sulfone groups is 1. The molecule has 0 saturated carbocycles. The molecule has 0 bridgehead atoms. The summed E-state index contributed by atoms with van der Waals surface area (Å²) in [6.45, 7) is 8.15. The van der Waals surface area contributed by atoms with Crippen LogP contribution in [0.3, 0.4) is 0 Å². The van der Waals surface area contributed by atoms with Gasteiger partial charge in [0, 0.05) is 10.8 Å². The van der Waals surface area contributed by atoms with Crippen LogP contribution >= 0.6 is 12.0 Å². The molecular weight excluding hydrogens is 851 g/mol. The minimum atomic E-state index is -5.24. The molecule has 302 valence electrons. The van der Waals surface area contributed by atoms with Crippen LogP contribution in [-0.4, -0.2) is 33.6 Å². The Labute approximate surface area is 398 Å². The average molecular weight is 889 g/mol. The quantitative estimate of drug-likeness (QED) is 0.0524. The number of aromatic hydroxyl groups is 1. The van der Waals surface area contributed by atoms with Gasteiger partial charge in [-0.25, -0.2) is 16.8 Å². The summed E-state index contributed by atoms with van der Waals surface area (Å²) in [5, 5.41) is 24.0. The molecule has 0 aliphatic carbocycles. The summed E-state index contributed by atoms with van der Waals surface area (Å²) in [6, 6.07) is 35.3. The maximum absolute atomic E-state index is 13.9. The van der Waals surface area contributed by atoms with Gasteiger partial charge in [0.2, 0.25) is 9.84 Å². The molecule has 0 amide bonds. The number of phenolic OH excluding ortho intramolecular Hbond substituents is 1. The summed E-state index contributed by atoms with van der Waals surface area (Å²) in [4.78, 5) is -1.70. The van der Waals surface area contributed by atoms with Gasteiger partial charge < -0.3 is 29.1 Å². The zero-order valence-corrected chi connectivity index (χ0v) is 40.3. The van der Waals surface area contributed by atoms with Gasteiger partial charge in [-0.2, -0.15) is 4.33 Å². The second-order valence-electron chi connectivity index (χ2n) is 14.2. The van der Waals surface area contributed by atoms with Crippen LogP contribution in [0.1, 0.15) is 49.9 Å². The second kappa shape index (κ2) is 20.2.